The smallest absolute Gasteiger partial charge is 0.450 e. The first kappa shape index (κ1) is 13.7. The molecule has 1 atom stereocenters. The predicted octanol–water partition coefficient (Wildman–Crippen LogP) is -0.667. The summed E-state index contributed by atoms with van der Waals surface area (Å²) in [6.07, 6.45) is -2.87. The molecule has 0 aromatic rings. The Morgan fingerprint density at radius 3 is 1.67 bits per heavy atom. The SMILES string of the molecule is CC(C)(O)C(O)CO.O=C(O)O. The first-order chi connectivity index (χ1) is 5.21. The Balaban J connectivity index is 0. The fourth-order valence-electron chi connectivity index (χ4n) is 0.223. The fourth-order valence-corrected chi connectivity index (χ4v) is 0.223. The largest absolute Gasteiger partial charge is 0.503 e. The molecule has 0 rings (SSSR count). The summed E-state index contributed by atoms with van der Waals surface area (Å²) in [6.45, 7) is 2.48. The van der Waals surface area contributed by atoms with E-state index in [-0.39, 0.29) is 0 Å². The lowest BCUT2D eigenvalue weighted by atomic mass is 10.0. The van der Waals surface area contributed by atoms with Crippen molar-refractivity contribution < 1.29 is 30.3 Å². The van der Waals surface area contributed by atoms with Gasteiger partial charge in [0.25, 0.3) is 0 Å². The maximum atomic E-state index is 8.88. The predicted molar refractivity (Wildman–Crippen MR) is 40.0 cm³/mol. The molecule has 6 nitrogen and oxygen atoms in total. The van der Waals surface area contributed by atoms with Crippen molar-refractivity contribution in [1.82, 2.24) is 0 Å². The van der Waals surface area contributed by atoms with E-state index in [0.717, 1.165) is 0 Å². The number of carboxylic acid groups (broad SMARTS) is 2. The minimum absolute atomic E-state index is 0.399. The lowest BCUT2D eigenvalue weighted by Crippen LogP contribution is -2.38. The van der Waals surface area contributed by atoms with Gasteiger partial charge in [-0.1, -0.05) is 0 Å². The molecule has 0 heterocycles. The van der Waals surface area contributed by atoms with E-state index in [1.165, 1.54) is 13.8 Å². The van der Waals surface area contributed by atoms with Crippen LogP contribution in [-0.4, -0.2) is 50.0 Å². The zero-order valence-electron chi connectivity index (χ0n) is 6.93. The van der Waals surface area contributed by atoms with Crippen LogP contribution < -0.4 is 0 Å². The van der Waals surface area contributed by atoms with E-state index < -0.39 is 24.5 Å². The molecule has 0 aliphatic rings. The summed E-state index contributed by atoms with van der Waals surface area (Å²) in [5.74, 6) is 0. The van der Waals surface area contributed by atoms with Gasteiger partial charge in [-0.2, -0.15) is 0 Å². The van der Waals surface area contributed by atoms with E-state index in [1.54, 1.807) is 0 Å². The van der Waals surface area contributed by atoms with Crippen molar-refractivity contribution in [1.29, 1.82) is 0 Å². The Hall–Kier alpha value is -0.850. The molecule has 0 aliphatic heterocycles. The van der Waals surface area contributed by atoms with Gasteiger partial charge in [0.05, 0.1) is 12.2 Å². The average molecular weight is 182 g/mol. The molecule has 0 bridgehead atoms. The monoisotopic (exact) mass is 182 g/mol. The molecule has 0 spiro atoms. The molecule has 0 radical (unpaired) electrons. The maximum Gasteiger partial charge on any atom is 0.503 e. The van der Waals surface area contributed by atoms with Crippen molar-refractivity contribution in [3.63, 3.8) is 0 Å². The molecule has 74 valence electrons. The quantitative estimate of drug-likeness (QED) is 0.386. The zero-order valence-corrected chi connectivity index (χ0v) is 6.93. The number of hydrogen-bond acceptors (Lipinski definition) is 4. The molecule has 0 amide bonds. The summed E-state index contributed by atoms with van der Waals surface area (Å²) >= 11 is 0. The van der Waals surface area contributed by atoms with Gasteiger partial charge in [-0.3, -0.25) is 0 Å². The Kier molecular flexibility index (Phi) is 6.58. The summed E-state index contributed by atoms with van der Waals surface area (Å²) in [5, 5.41) is 39.8. The van der Waals surface area contributed by atoms with E-state index >= 15 is 0 Å². The molecule has 5 N–H and O–H groups in total. The van der Waals surface area contributed by atoms with E-state index in [2.05, 4.69) is 0 Å². The average Bonchev–Trinajstić information content (AvgIpc) is 1.82. The molecule has 6 heteroatoms. The lowest BCUT2D eigenvalue weighted by Gasteiger charge is -2.21. The molecular formula is C6H14O6. The van der Waals surface area contributed by atoms with E-state index in [1.807, 2.05) is 0 Å². The van der Waals surface area contributed by atoms with Gasteiger partial charge in [0.1, 0.15) is 6.10 Å². The zero-order chi connectivity index (χ0) is 10.4. The number of hydrogen-bond donors (Lipinski definition) is 5. The van der Waals surface area contributed by atoms with E-state index in [4.69, 9.17) is 30.3 Å². The van der Waals surface area contributed by atoms with Gasteiger partial charge >= 0.3 is 6.16 Å². The fraction of sp³-hybridized carbons (Fsp3) is 0.833. The molecular weight excluding hydrogens is 168 g/mol. The third kappa shape index (κ3) is 11.9. The highest BCUT2D eigenvalue weighted by Gasteiger charge is 2.22. The van der Waals surface area contributed by atoms with E-state index in [0.29, 0.717) is 0 Å². The highest BCUT2D eigenvalue weighted by molar-refractivity contribution is 5.53. The van der Waals surface area contributed by atoms with Crippen molar-refractivity contribution >= 4 is 6.16 Å². The van der Waals surface area contributed by atoms with Gasteiger partial charge in [-0.15, -0.1) is 0 Å². The van der Waals surface area contributed by atoms with Crippen LogP contribution in [0.15, 0.2) is 0 Å². The second kappa shape index (κ2) is 5.76. The van der Waals surface area contributed by atoms with Crippen LogP contribution in [0.5, 0.6) is 0 Å². The maximum absolute atomic E-state index is 8.88. The van der Waals surface area contributed by atoms with Crippen molar-refractivity contribution in [2.45, 2.75) is 25.6 Å². The van der Waals surface area contributed by atoms with Crippen molar-refractivity contribution in [3.8, 4) is 0 Å². The normalized spacial score (nSPS) is 12.8. The second-order valence-corrected chi connectivity index (χ2v) is 2.63. The summed E-state index contributed by atoms with van der Waals surface area (Å²) in [7, 11) is 0. The number of rotatable bonds is 2. The number of carbonyl (C=O) groups is 1. The van der Waals surface area contributed by atoms with Crippen LogP contribution in [0, 0.1) is 0 Å². The van der Waals surface area contributed by atoms with Crippen LogP contribution in [0.2, 0.25) is 0 Å². The summed E-state index contributed by atoms with van der Waals surface area (Å²) in [6, 6.07) is 0. The Bertz CT molecular complexity index is 122. The molecule has 0 fully saturated rings. The Morgan fingerprint density at radius 2 is 1.67 bits per heavy atom. The van der Waals surface area contributed by atoms with Crippen LogP contribution >= 0.6 is 0 Å². The first-order valence-electron chi connectivity index (χ1n) is 3.15. The van der Waals surface area contributed by atoms with Crippen LogP contribution in [0.3, 0.4) is 0 Å². The first-order valence-corrected chi connectivity index (χ1v) is 3.15. The van der Waals surface area contributed by atoms with Crippen molar-refractivity contribution in [2.75, 3.05) is 6.61 Å². The molecule has 0 aliphatic carbocycles. The lowest BCUT2D eigenvalue weighted by molar-refractivity contribution is -0.0707. The highest BCUT2D eigenvalue weighted by atomic mass is 16.6. The van der Waals surface area contributed by atoms with Crippen LogP contribution in [0.1, 0.15) is 13.8 Å². The summed E-state index contributed by atoms with van der Waals surface area (Å²) < 4.78 is 0. The summed E-state index contributed by atoms with van der Waals surface area (Å²) in [5.41, 5.74) is -1.19. The van der Waals surface area contributed by atoms with Gasteiger partial charge in [0, 0.05) is 0 Å². The van der Waals surface area contributed by atoms with Crippen LogP contribution in [0.25, 0.3) is 0 Å². The molecule has 1 unspecified atom stereocenters. The van der Waals surface area contributed by atoms with Gasteiger partial charge in [-0.25, -0.2) is 4.79 Å². The third-order valence-electron chi connectivity index (χ3n) is 0.988. The molecule has 0 aromatic carbocycles. The third-order valence-corrected chi connectivity index (χ3v) is 0.988. The van der Waals surface area contributed by atoms with Crippen LogP contribution in [-0.2, 0) is 0 Å². The van der Waals surface area contributed by atoms with Gasteiger partial charge in [-0.05, 0) is 13.8 Å². The second-order valence-electron chi connectivity index (χ2n) is 2.63. The summed E-state index contributed by atoms with van der Waals surface area (Å²) in [4.78, 5) is 8.56. The van der Waals surface area contributed by atoms with Crippen molar-refractivity contribution in [2.24, 2.45) is 0 Å². The highest BCUT2D eigenvalue weighted by Crippen LogP contribution is 2.05. The van der Waals surface area contributed by atoms with Gasteiger partial charge in [0.15, 0.2) is 0 Å². The van der Waals surface area contributed by atoms with Crippen LogP contribution in [0.4, 0.5) is 4.79 Å². The molecule has 0 saturated heterocycles. The standard InChI is InChI=1S/C5H12O3.CH2O3/c1-5(2,8)4(7)3-6;2-1(3)4/h4,6-8H,3H2,1-2H3;(H2,2,3,4). The van der Waals surface area contributed by atoms with Gasteiger partial charge in [0.2, 0.25) is 0 Å². The molecule has 12 heavy (non-hydrogen) atoms. The molecule has 0 aromatic heterocycles. The van der Waals surface area contributed by atoms with E-state index in [9.17, 15) is 0 Å². The van der Waals surface area contributed by atoms with Crippen molar-refractivity contribution in [3.05, 3.63) is 0 Å². The van der Waals surface area contributed by atoms with Gasteiger partial charge < -0.3 is 25.5 Å². The Morgan fingerprint density at radius 1 is 1.42 bits per heavy atom. The molecule has 0 saturated carbocycles. The minimum atomic E-state index is -1.83. The topological polar surface area (TPSA) is 118 Å². The number of aliphatic hydroxyl groups is 3. The number of aliphatic hydroxyl groups excluding tert-OH is 2. The minimum Gasteiger partial charge on any atom is -0.450 e. The Labute approximate surface area is 69.7 Å².